The van der Waals surface area contributed by atoms with Gasteiger partial charge < -0.3 is 30.0 Å². The average Bonchev–Trinajstić information content (AvgIpc) is 3.40. The number of fused-ring (bicyclic) bond motifs is 1. The van der Waals surface area contributed by atoms with Gasteiger partial charge in [0.2, 0.25) is 5.91 Å². The first-order chi connectivity index (χ1) is 17.1. The van der Waals surface area contributed by atoms with E-state index >= 15 is 0 Å². The molecule has 4 atom stereocenters. The summed E-state index contributed by atoms with van der Waals surface area (Å²) >= 11 is 0. The molecule has 2 aliphatic rings. The van der Waals surface area contributed by atoms with Gasteiger partial charge in [0.25, 0.3) is 0 Å². The zero-order valence-corrected chi connectivity index (χ0v) is 22.1. The fraction of sp³-hybridized carbons (Fsp3) is 0.621. The van der Waals surface area contributed by atoms with E-state index in [0.29, 0.717) is 31.2 Å². The molecule has 7 nitrogen and oxygen atoms in total. The van der Waals surface area contributed by atoms with Crippen molar-refractivity contribution >= 4 is 5.91 Å². The number of aliphatic hydroxyl groups excluding tert-OH is 1. The minimum Gasteiger partial charge on any atom is -0.497 e. The van der Waals surface area contributed by atoms with Crippen molar-refractivity contribution in [2.75, 3.05) is 7.11 Å². The van der Waals surface area contributed by atoms with Crippen LogP contribution >= 0.6 is 0 Å². The summed E-state index contributed by atoms with van der Waals surface area (Å²) in [6.07, 6.45) is 4.59. The first-order valence-electron chi connectivity index (χ1n) is 13.1. The van der Waals surface area contributed by atoms with E-state index in [9.17, 15) is 15.0 Å². The Balaban J connectivity index is 1.45. The summed E-state index contributed by atoms with van der Waals surface area (Å²) in [5, 5.41) is 27.1. The SMILES string of the molecule is COc1ccc(CNC(=O)CCC23CCC(C)(O)CC2C(C)(C)CC3NCc2ccc(CO)o2)cc1. The normalized spacial score (nSPS) is 29.1. The summed E-state index contributed by atoms with van der Waals surface area (Å²) in [6.45, 7) is 7.52. The molecular formula is C29H42N2O5. The van der Waals surface area contributed by atoms with Crippen LogP contribution < -0.4 is 15.4 Å². The maximum absolute atomic E-state index is 12.9. The number of carbonyl (C=O) groups is 1. The molecule has 198 valence electrons. The quantitative estimate of drug-likeness (QED) is 0.389. The van der Waals surface area contributed by atoms with Crippen molar-refractivity contribution in [2.45, 2.75) is 90.6 Å². The average molecular weight is 499 g/mol. The van der Waals surface area contributed by atoms with Gasteiger partial charge in [0.15, 0.2) is 0 Å². The van der Waals surface area contributed by atoms with Gasteiger partial charge in [-0.3, -0.25) is 4.79 Å². The third kappa shape index (κ3) is 5.79. The van der Waals surface area contributed by atoms with Crippen LogP contribution in [0.25, 0.3) is 0 Å². The number of aliphatic hydroxyl groups is 2. The summed E-state index contributed by atoms with van der Waals surface area (Å²) in [5.41, 5.74) is 0.334. The Kier molecular flexibility index (Phi) is 7.83. The van der Waals surface area contributed by atoms with Gasteiger partial charge >= 0.3 is 0 Å². The largest absolute Gasteiger partial charge is 0.497 e. The molecule has 1 amide bonds. The van der Waals surface area contributed by atoms with Crippen molar-refractivity contribution in [3.63, 3.8) is 0 Å². The van der Waals surface area contributed by atoms with Gasteiger partial charge in [-0.15, -0.1) is 0 Å². The number of hydrogen-bond donors (Lipinski definition) is 4. The fourth-order valence-corrected chi connectivity index (χ4v) is 6.72. The van der Waals surface area contributed by atoms with Crippen LogP contribution in [0.15, 0.2) is 40.8 Å². The fourth-order valence-electron chi connectivity index (χ4n) is 6.72. The number of carbonyl (C=O) groups excluding carboxylic acids is 1. The molecular weight excluding hydrogens is 456 g/mol. The molecule has 1 heterocycles. The van der Waals surface area contributed by atoms with E-state index in [1.807, 2.05) is 37.3 Å². The third-order valence-electron chi connectivity index (χ3n) is 8.70. The molecule has 0 bridgehead atoms. The zero-order chi connectivity index (χ0) is 26.0. The van der Waals surface area contributed by atoms with Crippen molar-refractivity contribution in [1.82, 2.24) is 10.6 Å². The lowest BCUT2D eigenvalue weighted by atomic mass is 9.57. The summed E-state index contributed by atoms with van der Waals surface area (Å²) in [5.74, 6) is 2.53. The van der Waals surface area contributed by atoms with Gasteiger partial charge in [-0.05, 0) is 85.6 Å². The number of rotatable bonds is 10. The second-order valence-corrected chi connectivity index (χ2v) is 11.8. The monoisotopic (exact) mass is 498 g/mol. The van der Waals surface area contributed by atoms with Crippen LogP contribution in [0.1, 0.15) is 76.4 Å². The predicted molar refractivity (Wildman–Crippen MR) is 138 cm³/mol. The minimum absolute atomic E-state index is 0.0427. The lowest BCUT2D eigenvalue weighted by Crippen LogP contribution is -2.51. The minimum atomic E-state index is -0.673. The Morgan fingerprint density at radius 1 is 1.06 bits per heavy atom. The van der Waals surface area contributed by atoms with E-state index in [4.69, 9.17) is 9.15 Å². The molecule has 4 rings (SSSR count). The van der Waals surface area contributed by atoms with Crippen molar-refractivity contribution in [3.05, 3.63) is 53.5 Å². The lowest BCUT2D eigenvalue weighted by Gasteiger charge is -2.51. The van der Waals surface area contributed by atoms with Gasteiger partial charge in [-0.25, -0.2) is 0 Å². The molecule has 0 saturated heterocycles. The second-order valence-electron chi connectivity index (χ2n) is 11.8. The van der Waals surface area contributed by atoms with Crippen LogP contribution in [-0.2, 0) is 24.5 Å². The Morgan fingerprint density at radius 2 is 1.78 bits per heavy atom. The van der Waals surface area contributed by atoms with Gasteiger partial charge in [0.05, 0.1) is 19.3 Å². The van der Waals surface area contributed by atoms with Crippen LogP contribution in [0.4, 0.5) is 0 Å². The first kappa shape index (κ1) is 26.7. The topological polar surface area (TPSA) is 104 Å². The van der Waals surface area contributed by atoms with Crippen molar-refractivity contribution in [3.8, 4) is 5.75 Å². The standard InChI is InChI=1S/C29H42N2O5/c1-27(2)16-25(30-18-22-9-10-23(19-32)36-22)29(14-13-28(3,34)15-24(27)29)12-11-26(33)31-17-20-5-7-21(35-4)8-6-20/h5-10,24-25,30,32,34H,11-19H2,1-4H3,(H,31,33). The van der Waals surface area contributed by atoms with Gasteiger partial charge in [-0.1, -0.05) is 26.0 Å². The Labute approximate surface area is 214 Å². The van der Waals surface area contributed by atoms with E-state index in [1.54, 1.807) is 13.2 Å². The molecule has 2 aromatic rings. The number of methoxy groups -OCH3 is 1. The molecule has 1 aromatic heterocycles. The number of hydrogen-bond acceptors (Lipinski definition) is 6. The molecule has 2 saturated carbocycles. The molecule has 0 radical (unpaired) electrons. The summed E-state index contributed by atoms with van der Waals surface area (Å²) < 4.78 is 10.9. The zero-order valence-electron chi connectivity index (χ0n) is 22.1. The van der Waals surface area contributed by atoms with E-state index in [2.05, 4.69) is 24.5 Å². The van der Waals surface area contributed by atoms with Crippen molar-refractivity contribution in [1.29, 1.82) is 0 Å². The van der Waals surface area contributed by atoms with Crippen molar-refractivity contribution < 1.29 is 24.2 Å². The molecule has 0 aliphatic heterocycles. The maximum atomic E-state index is 12.9. The van der Waals surface area contributed by atoms with Crippen LogP contribution in [-0.4, -0.2) is 34.9 Å². The lowest BCUT2D eigenvalue weighted by molar-refractivity contribution is -0.123. The van der Waals surface area contributed by atoms with Crippen LogP contribution in [0.3, 0.4) is 0 Å². The highest BCUT2D eigenvalue weighted by molar-refractivity contribution is 5.76. The second kappa shape index (κ2) is 10.6. The Morgan fingerprint density at radius 3 is 2.44 bits per heavy atom. The Bertz CT molecular complexity index is 1030. The highest BCUT2D eigenvalue weighted by atomic mass is 16.5. The van der Waals surface area contributed by atoms with E-state index < -0.39 is 5.60 Å². The van der Waals surface area contributed by atoms with Gasteiger partial charge in [-0.2, -0.15) is 0 Å². The molecule has 36 heavy (non-hydrogen) atoms. The number of furan rings is 1. The number of amides is 1. The molecule has 0 spiro atoms. The maximum Gasteiger partial charge on any atom is 0.220 e. The summed E-state index contributed by atoms with van der Waals surface area (Å²) in [4.78, 5) is 12.9. The van der Waals surface area contributed by atoms with Crippen LogP contribution in [0.5, 0.6) is 5.75 Å². The van der Waals surface area contributed by atoms with E-state index in [-0.39, 0.29) is 29.4 Å². The predicted octanol–water partition coefficient (Wildman–Crippen LogP) is 4.30. The Hall–Kier alpha value is -2.35. The van der Waals surface area contributed by atoms with Crippen LogP contribution in [0.2, 0.25) is 0 Å². The summed E-state index contributed by atoms with van der Waals surface area (Å²) in [6, 6.07) is 11.7. The van der Waals surface area contributed by atoms with E-state index in [0.717, 1.165) is 49.2 Å². The van der Waals surface area contributed by atoms with Crippen molar-refractivity contribution in [2.24, 2.45) is 16.7 Å². The molecule has 1 aromatic carbocycles. The molecule has 4 unspecified atom stereocenters. The smallest absolute Gasteiger partial charge is 0.220 e. The molecule has 7 heteroatoms. The molecule has 2 aliphatic carbocycles. The third-order valence-corrected chi connectivity index (χ3v) is 8.70. The summed E-state index contributed by atoms with van der Waals surface area (Å²) in [7, 11) is 1.64. The number of benzene rings is 1. The highest BCUT2D eigenvalue weighted by Gasteiger charge is 2.61. The first-order valence-corrected chi connectivity index (χ1v) is 13.1. The number of ether oxygens (including phenoxy) is 1. The van der Waals surface area contributed by atoms with Gasteiger partial charge in [0, 0.05) is 19.0 Å². The number of nitrogens with one attached hydrogen (secondary N) is 2. The highest BCUT2D eigenvalue weighted by Crippen LogP contribution is 2.63. The van der Waals surface area contributed by atoms with E-state index in [1.165, 1.54) is 0 Å². The van der Waals surface area contributed by atoms with Gasteiger partial charge in [0.1, 0.15) is 23.9 Å². The van der Waals surface area contributed by atoms with Crippen LogP contribution in [0, 0.1) is 16.7 Å². The molecule has 4 N–H and O–H groups in total. The molecule has 2 fully saturated rings.